The van der Waals surface area contributed by atoms with Crippen molar-refractivity contribution in [3.05, 3.63) is 66.2 Å². The highest BCUT2D eigenvalue weighted by Crippen LogP contribution is 2.35. The molecule has 0 bridgehead atoms. The second-order valence-electron chi connectivity index (χ2n) is 8.97. The van der Waals surface area contributed by atoms with Crippen LogP contribution in [0.3, 0.4) is 0 Å². The number of aromatic nitrogens is 3. The molecule has 1 atom stereocenters. The average Bonchev–Trinajstić information content (AvgIpc) is 3.29. The SMILES string of the molecule is CC(C)c1ccc(NC(=O)[C@@H]2CCCN(c3ncnc4onc(-c5ccc(F)cc5)c34)C2)cc1. The normalized spacial score (nSPS) is 16.2. The number of rotatable bonds is 5. The maximum absolute atomic E-state index is 13.4. The van der Waals surface area contributed by atoms with E-state index in [0.717, 1.165) is 25.1 Å². The van der Waals surface area contributed by atoms with Crippen LogP contribution in [0.4, 0.5) is 15.9 Å². The fraction of sp³-hybridized carbons (Fsp3) is 0.308. The third kappa shape index (κ3) is 4.35. The standard InChI is InChI=1S/C26H26FN5O2/c1-16(2)17-7-11-21(12-8-17)30-25(33)19-4-3-13-32(14-19)24-22-23(18-5-9-20(27)10-6-18)31-34-26(22)29-15-28-24/h5-12,15-16,19H,3-4,13-14H2,1-2H3,(H,30,33)/t19-/m1/s1. The Kier molecular flexibility index (Phi) is 5.96. The van der Waals surface area contributed by atoms with Gasteiger partial charge in [-0.15, -0.1) is 0 Å². The van der Waals surface area contributed by atoms with E-state index in [-0.39, 0.29) is 17.6 Å². The van der Waals surface area contributed by atoms with Crippen molar-refractivity contribution in [3.63, 3.8) is 0 Å². The lowest BCUT2D eigenvalue weighted by atomic mass is 9.96. The van der Waals surface area contributed by atoms with Crippen molar-refractivity contribution in [2.75, 3.05) is 23.3 Å². The van der Waals surface area contributed by atoms with Gasteiger partial charge in [-0.2, -0.15) is 4.98 Å². The molecule has 1 fully saturated rings. The molecule has 0 radical (unpaired) electrons. The van der Waals surface area contributed by atoms with Gasteiger partial charge in [0.05, 0.1) is 5.92 Å². The van der Waals surface area contributed by atoms with Gasteiger partial charge < -0.3 is 14.7 Å². The zero-order valence-corrected chi connectivity index (χ0v) is 19.2. The Hall–Kier alpha value is -3.81. The number of benzene rings is 2. The lowest BCUT2D eigenvalue weighted by molar-refractivity contribution is -0.120. The van der Waals surface area contributed by atoms with Crippen LogP contribution >= 0.6 is 0 Å². The molecular formula is C26H26FN5O2. The van der Waals surface area contributed by atoms with Crippen LogP contribution < -0.4 is 10.2 Å². The second kappa shape index (κ2) is 9.21. The van der Waals surface area contributed by atoms with Crippen molar-refractivity contribution < 1.29 is 13.7 Å². The van der Waals surface area contributed by atoms with Crippen LogP contribution in [0.1, 0.15) is 38.2 Å². The van der Waals surface area contributed by atoms with Gasteiger partial charge >= 0.3 is 0 Å². The van der Waals surface area contributed by atoms with Gasteiger partial charge in [0.1, 0.15) is 29.0 Å². The Morgan fingerprint density at radius 3 is 2.62 bits per heavy atom. The Morgan fingerprint density at radius 2 is 1.88 bits per heavy atom. The Morgan fingerprint density at radius 1 is 1.12 bits per heavy atom. The topological polar surface area (TPSA) is 84.2 Å². The highest BCUT2D eigenvalue weighted by atomic mass is 19.1. The van der Waals surface area contributed by atoms with Crippen molar-refractivity contribution >= 4 is 28.5 Å². The van der Waals surface area contributed by atoms with Crippen molar-refractivity contribution in [2.45, 2.75) is 32.6 Å². The van der Waals surface area contributed by atoms with Crippen LogP contribution in [-0.2, 0) is 4.79 Å². The van der Waals surface area contributed by atoms with E-state index >= 15 is 0 Å². The first kappa shape index (κ1) is 22.0. The van der Waals surface area contributed by atoms with E-state index < -0.39 is 0 Å². The van der Waals surface area contributed by atoms with Gasteiger partial charge in [-0.3, -0.25) is 4.79 Å². The molecule has 2 aromatic carbocycles. The monoisotopic (exact) mass is 459 g/mol. The first-order valence-electron chi connectivity index (χ1n) is 11.5. The molecule has 1 aliphatic rings. The summed E-state index contributed by atoms with van der Waals surface area (Å²) in [6, 6.07) is 14.1. The molecule has 0 saturated carbocycles. The number of piperidine rings is 1. The maximum Gasteiger partial charge on any atom is 0.263 e. The van der Waals surface area contributed by atoms with Crippen LogP contribution in [0, 0.1) is 11.7 Å². The molecule has 8 heteroatoms. The van der Waals surface area contributed by atoms with Crippen molar-refractivity contribution in [1.29, 1.82) is 0 Å². The fourth-order valence-corrected chi connectivity index (χ4v) is 4.40. The lowest BCUT2D eigenvalue weighted by Crippen LogP contribution is -2.41. The fourth-order valence-electron chi connectivity index (χ4n) is 4.40. The third-order valence-corrected chi connectivity index (χ3v) is 6.31. The number of amides is 1. The molecule has 34 heavy (non-hydrogen) atoms. The van der Waals surface area contributed by atoms with Gasteiger partial charge in [-0.05, 0) is 60.7 Å². The predicted octanol–water partition coefficient (Wildman–Crippen LogP) is 5.40. The summed E-state index contributed by atoms with van der Waals surface area (Å²) in [4.78, 5) is 23.9. The molecule has 1 aliphatic heterocycles. The maximum atomic E-state index is 13.4. The number of hydrogen-bond acceptors (Lipinski definition) is 6. The number of nitrogens with zero attached hydrogens (tertiary/aromatic N) is 4. The molecule has 174 valence electrons. The van der Waals surface area contributed by atoms with E-state index in [1.807, 2.05) is 24.3 Å². The number of halogens is 1. The summed E-state index contributed by atoms with van der Waals surface area (Å²) >= 11 is 0. The molecule has 0 unspecified atom stereocenters. The largest absolute Gasteiger partial charge is 0.355 e. The minimum atomic E-state index is -0.322. The molecule has 0 spiro atoms. The zero-order valence-electron chi connectivity index (χ0n) is 19.2. The molecule has 7 nitrogen and oxygen atoms in total. The second-order valence-corrected chi connectivity index (χ2v) is 8.97. The average molecular weight is 460 g/mol. The summed E-state index contributed by atoms with van der Waals surface area (Å²) in [7, 11) is 0. The van der Waals surface area contributed by atoms with Crippen molar-refractivity contribution in [2.24, 2.45) is 5.92 Å². The molecule has 2 aromatic heterocycles. The van der Waals surface area contributed by atoms with E-state index in [1.165, 1.54) is 24.0 Å². The van der Waals surface area contributed by atoms with E-state index in [4.69, 9.17) is 4.52 Å². The number of hydrogen-bond donors (Lipinski definition) is 1. The van der Waals surface area contributed by atoms with Gasteiger partial charge in [0.15, 0.2) is 0 Å². The van der Waals surface area contributed by atoms with Gasteiger partial charge in [0, 0.05) is 24.3 Å². The zero-order chi connectivity index (χ0) is 23.7. The summed E-state index contributed by atoms with van der Waals surface area (Å²) in [6.07, 6.45) is 3.10. The summed E-state index contributed by atoms with van der Waals surface area (Å²) in [5.41, 5.74) is 3.67. The molecule has 4 aromatic rings. The molecule has 1 N–H and O–H groups in total. The third-order valence-electron chi connectivity index (χ3n) is 6.31. The van der Waals surface area contributed by atoms with Crippen LogP contribution in [-0.4, -0.2) is 34.1 Å². The first-order valence-corrected chi connectivity index (χ1v) is 11.5. The van der Waals surface area contributed by atoms with Gasteiger partial charge in [0.2, 0.25) is 5.91 Å². The summed E-state index contributed by atoms with van der Waals surface area (Å²) in [5.74, 6) is 0.605. The lowest BCUT2D eigenvalue weighted by Gasteiger charge is -2.33. The number of nitrogens with one attached hydrogen (secondary N) is 1. The number of fused-ring (bicyclic) bond motifs is 1. The van der Waals surface area contributed by atoms with E-state index in [1.54, 1.807) is 12.1 Å². The summed E-state index contributed by atoms with van der Waals surface area (Å²) in [5, 5.41) is 7.90. The van der Waals surface area contributed by atoms with Crippen LogP contribution in [0.25, 0.3) is 22.4 Å². The molecule has 0 aliphatic carbocycles. The quantitative estimate of drug-likeness (QED) is 0.430. The number of anilines is 2. The molecule has 1 saturated heterocycles. The van der Waals surface area contributed by atoms with Crippen LogP contribution in [0.15, 0.2) is 59.4 Å². The van der Waals surface area contributed by atoms with Crippen molar-refractivity contribution in [1.82, 2.24) is 15.1 Å². The Labute approximate surface area is 197 Å². The summed E-state index contributed by atoms with van der Waals surface area (Å²) < 4.78 is 18.9. The van der Waals surface area contributed by atoms with Crippen molar-refractivity contribution in [3.8, 4) is 11.3 Å². The molecular weight excluding hydrogens is 433 g/mol. The van der Waals surface area contributed by atoms with E-state index in [2.05, 4.69) is 39.2 Å². The minimum Gasteiger partial charge on any atom is -0.355 e. The molecule has 3 heterocycles. The van der Waals surface area contributed by atoms with Gasteiger partial charge in [-0.25, -0.2) is 9.37 Å². The summed E-state index contributed by atoms with van der Waals surface area (Å²) in [6.45, 7) is 5.57. The number of carbonyl (C=O) groups is 1. The van der Waals surface area contributed by atoms with Crippen LogP contribution in [0.5, 0.6) is 0 Å². The van der Waals surface area contributed by atoms with Gasteiger partial charge in [0.25, 0.3) is 5.71 Å². The van der Waals surface area contributed by atoms with Gasteiger partial charge in [-0.1, -0.05) is 31.1 Å². The highest BCUT2D eigenvalue weighted by molar-refractivity contribution is 5.98. The predicted molar refractivity (Wildman–Crippen MR) is 129 cm³/mol. The van der Waals surface area contributed by atoms with E-state index in [9.17, 15) is 9.18 Å². The number of carbonyl (C=O) groups excluding carboxylic acids is 1. The van der Waals surface area contributed by atoms with Crippen LogP contribution in [0.2, 0.25) is 0 Å². The molecule has 1 amide bonds. The smallest absolute Gasteiger partial charge is 0.263 e. The minimum absolute atomic E-state index is 0.00336. The first-order chi connectivity index (χ1) is 16.5. The Balaban J connectivity index is 1.38. The highest BCUT2D eigenvalue weighted by Gasteiger charge is 2.29. The Bertz CT molecular complexity index is 1300. The molecule has 5 rings (SSSR count). The van der Waals surface area contributed by atoms with E-state index in [0.29, 0.717) is 40.6 Å².